The summed E-state index contributed by atoms with van der Waals surface area (Å²) in [6.45, 7) is -1.22. The number of hydrogen-bond donors (Lipinski definition) is 1. The fourth-order valence-electron chi connectivity index (χ4n) is 0.708. The highest BCUT2D eigenvalue weighted by Crippen LogP contribution is 2.48. The molecule has 0 bridgehead atoms. The van der Waals surface area contributed by atoms with Crippen molar-refractivity contribution in [3.8, 4) is 0 Å². The lowest BCUT2D eigenvalue weighted by Crippen LogP contribution is -2.59. The van der Waals surface area contributed by atoms with E-state index in [4.69, 9.17) is 5.73 Å². The molecule has 2 N–H and O–H groups in total. The normalized spacial score (nSPS) is 16.4. The van der Waals surface area contributed by atoms with E-state index in [1.807, 2.05) is 0 Å². The maximum Gasteiger partial charge on any atom is 0.380 e. The van der Waals surface area contributed by atoms with E-state index >= 15 is 0 Å². The zero-order chi connectivity index (χ0) is 14.1. The third kappa shape index (κ3) is 3.18. The summed E-state index contributed by atoms with van der Waals surface area (Å²) in [6.07, 6.45) is -6.37. The van der Waals surface area contributed by atoms with Gasteiger partial charge in [0.05, 0.1) is 0 Å². The summed E-state index contributed by atoms with van der Waals surface area (Å²) < 4.78 is 102. The van der Waals surface area contributed by atoms with Gasteiger partial charge in [0.2, 0.25) is 0 Å². The lowest BCUT2D eigenvalue weighted by molar-refractivity contribution is -0.347. The highest BCUT2D eigenvalue weighted by molar-refractivity contribution is 4.97. The Hall–Kier alpha value is -0.640. The zero-order valence-corrected chi connectivity index (χ0v) is 8.37. The number of rotatable bonds is 6. The van der Waals surface area contributed by atoms with Crippen LogP contribution < -0.4 is 5.73 Å². The van der Waals surface area contributed by atoms with Gasteiger partial charge in [-0.25, -0.2) is 8.78 Å². The van der Waals surface area contributed by atoms with Crippen LogP contribution in [-0.4, -0.2) is 37.0 Å². The van der Waals surface area contributed by atoms with E-state index < -0.39 is 37.0 Å². The smallest absolute Gasteiger partial charge is 0.357 e. The molecular formula is C7H9F8NO. The molecule has 0 aliphatic rings. The van der Waals surface area contributed by atoms with Crippen LogP contribution in [-0.2, 0) is 4.74 Å². The Labute approximate surface area is 90.7 Å². The quantitative estimate of drug-likeness (QED) is 0.597. The zero-order valence-electron chi connectivity index (χ0n) is 8.37. The summed E-state index contributed by atoms with van der Waals surface area (Å²) in [5.41, 5.74) is 4.78. The van der Waals surface area contributed by atoms with Gasteiger partial charge in [-0.2, -0.15) is 26.3 Å². The molecule has 104 valence electrons. The average molecular weight is 275 g/mol. The summed E-state index contributed by atoms with van der Waals surface area (Å²) in [6, 6.07) is 0. The summed E-state index contributed by atoms with van der Waals surface area (Å²) in [4.78, 5) is 0. The van der Waals surface area contributed by atoms with Crippen LogP contribution in [0.15, 0.2) is 0 Å². The van der Waals surface area contributed by atoms with E-state index in [-0.39, 0.29) is 0 Å². The fraction of sp³-hybridized carbons (Fsp3) is 1.00. The molecule has 0 aromatic carbocycles. The molecule has 0 saturated carbocycles. The minimum absolute atomic E-state index is 0.972. The Balaban J connectivity index is 5.01. The SMILES string of the molecule is CC(N)OCC(F)(F)C(F)(F)C(F)(F)C(F)F. The highest BCUT2D eigenvalue weighted by atomic mass is 19.4. The maximum absolute atomic E-state index is 12.7. The van der Waals surface area contributed by atoms with Gasteiger partial charge in [0, 0.05) is 0 Å². The van der Waals surface area contributed by atoms with Crippen LogP contribution in [0.5, 0.6) is 0 Å². The maximum atomic E-state index is 12.7. The highest BCUT2D eigenvalue weighted by Gasteiger charge is 2.75. The van der Waals surface area contributed by atoms with E-state index in [1.54, 1.807) is 0 Å². The first-order valence-corrected chi connectivity index (χ1v) is 4.15. The first-order chi connectivity index (χ1) is 7.36. The van der Waals surface area contributed by atoms with E-state index in [9.17, 15) is 35.1 Å². The van der Waals surface area contributed by atoms with E-state index in [1.165, 1.54) is 0 Å². The molecule has 0 rings (SSSR count). The van der Waals surface area contributed by atoms with Gasteiger partial charge < -0.3 is 10.5 Å². The van der Waals surface area contributed by atoms with Crippen molar-refractivity contribution in [2.75, 3.05) is 6.61 Å². The second kappa shape index (κ2) is 4.92. The van der Waals surface area contributed by atoms with Crippen molar-refractivity contribution in [2.24, 2.45) is 5.73 Å². The first kappa shape index (κ1) is 16.4. The molecule has 0 heterocycles. The van der Waals surface area contributed by atoms with Crippen LogP contribution in [0.1, 0.15) is 6.92 Å². The molecule has 1 unspecified atom stereocenters. The number of hydrogen-bond acceptors (Lipinski definition) is 2. The number of ether oxygens (including phenoxy) is 1. The van der Waals surface area contributed by atoms with Crippen molar-refractivity contribution >= 4 is 0 Å². The van der Waals surface area contributed by atoms with E-state index in [0.29, 0.717) is 0 Å². The minimum Gasteiger partial charge on any atom is -0.357 e. The largest absolute Gasteiger partial charge is 0.380 e. The summed E-state index contributed by atoms with van der Waals surface area (Å²) >= 11 is 0. The third-order valence-electron chi connectivity index (χ3n) is 1.68. The van der Waals surface area contributed by atoms with Crippen LogP contribution in [0.4, 0.5) is 35.1 Å². The molecule has 0 saturated heterocycles. The molecule has 0 amide bonds. The van der Waals surface area contributed by atoms with Crippen molar-refractivity contribution < 1.29 is 39.9 Å². The van der Waals surface area contributed by atoms with E-state index in [0.717, 1.165) is 6.92 Å². The van der Waals surface area contributed by atoms with Crippen LogP contribution in [0.25, 0.3) is 0 Å². The standard InChI is InChI=1S/C7H9F8NO/c1-3(16)17-2-5(10,11)7(14,15)6(12,13)4(8)9/h3-4H,2,16H2,1H3. The Bertz CT molecular complexity index is 254. The van der Waals surface area contributed by atoms with Gasteiger partial charge in [-0.1, -0.05) is 0 Å². The van der Waals surface area contributed by atoms with Crippen molar-refractivity contribution in [2.45, 2.75) is 37.3 Å². The molecule has 0 aromatic rings. The number of nitrogens with two attached hydrogens (primary N) is 1. The molecule has 2 nitrogen and oxygen atoms in total. The molecule has 0 fully saturated rings. The molecule has 0 aromatic heterocycles. The topological polar surface area (TPSA) is 35.2 Å². The second-order valence-corrected chi connectivity index (χ2v) is 3.22. The van der Waals surface area contributed by atoms with Crippen molar-refractivity contribution in [3.05, 3.63) is 0 Å². The van der Waals surface area contributed by atoms with Gasteiger partial charge in [-0.3, -0.25) is 0 Å². The number of alkyl halides is 8. The molecule has 0 spiro atoms. The van der Waals surface area contributed by atoms with Gasteiger partial charge >= 0.3 is 24.2 Å². The van der Waals surface area contributed by atoms with Gasteiger partial charge in [-0.15, -0.1) is 0 Å². The molecule has 0 radical (unpaired) electrons. The second-order valence-electron chi connectivity index (χ2n) is 3.22. The predicted octanol–water partition coefficient (Wildman–Crippen LogP) is 2.48. The lowest BCUT2D eigenvalue weighted by atomic mass is 10.1. The van der Waals surface area contributed by atoms with Crippen LogP contribution in [0.3, 0.4) is 0 Å². The Morgan fingerprint density at radius 2 is 1.47 bits per heavy atom. The van der Waals surface area contributed by atoms with Gasteiger partial charge in [0.25, 0.3) is 0 Å². The average Bonchev–Trinajstić information content (AvgIpc) is 2.14. The molecule has 0 aliphatic heterocycles. The first-order valence-electron chi connectivity index (χ1n) is 4.15. The van der Waals surface area contributed by atoms with Crippen LogP contribution in [0, 0.1) is 0 Å². The lowest BCUT2D eigenvalue weighted by Gasteiger charge is -2.32. The minimum atomic E-state index is -6.25. The fourth-order valence-corrected chi connectivity index (χ4v) is 0.708. The van der Waals surface area contributed by atoms with E-state index in [2.05, 4.69) is 4.74 Å². The number of halogens is 8. The summed E-state index contributed by atoms with van der Waals surface area (Å²) in [5.74, 6) is -17.9. The molecule has 17 heavy (non-hydrogen) atoms. The van der Waals surface area contributed by atoms with Gasteiger partial charge in [0.1, 0.15) is 12.8 Å². The molecule has 0 aliphatic carbocycles. The van der Waals surface area contributed by atoms with Crippen LogP contribution >= 0.6 is 0 Å². The Morgan fingerprint density at radius 3 is 1.76 bits per heavy atom. The Kier molecular flexibility index (Phi) is 4.74. The Morgan fingerprint density at radius 1 is 1.06 bits per heavy atom. The van der Waals surface area contributed by atoms with Gasteiger partial charge in [-0.05, 0) is 6.92 Å². The third-order valence-corrected chi connectivity index (χ3v) is 1.68. The van der Waals surface area contributed by atoms with Gasteiger partial charge in [0.15, 0.2) is 0 Å². The van der Waals surface area contributed by atoms with Crippen LogP contribution in [0.2, 0.25) is 0 Å². The van der Waals surface area contributed by atoms with Crippen molar-refractivity contribution in [1.29, 1.82) is 0 Å². The molecular weight excluding hydrogens is 266 g/mol. The summed E-state index contributed by atoms with van der Waals surface area (Å²) in [5, 5.41) is 0. The van der Waals surface area contributed by atoms with Crippen molar-refractivity contribution in [1.82, 2.24) is 0 Å². The summed E-state index contributed by atoms with van der Waals surface area (Å²) in [7, 11) is 0. The van der Waals surface area contributed by atoms with Crippen molar-refractivity contribution in [3.63, 3.8) is 0 Å². The molecule has 1 atom stereocenters. The monoisotopic (exact) mass is 275 g/mol. The molecule has 10 heteroatoms. The predicted molar refractivity (Wildman–Crippen MR) is 40.4 cm³/mol.